The number of aliphatic hydroxyl groups is 2. The highest BCUT2D eigenvalue weighted by molar-refractivity contribution is 8.00. The van der Waals surface area contributed by atoms with Crippen LogP contribution in [-0.4, -0.2) is 264 Å². The summed E-state index contributed by atoms with van der Waals surface area (Å²) < 4.78 is 72.6. The van der Waals surface area contributed by atoms with Gasteiger partial charge in [-0.05, 0) is 166 Å². The summed E-state index contributed by atoms with van der Waals surface area (Å²) in [4.78, 5) is 132. The minimum Gasteiger partial charge on any atom is -0.480 e. The molecule has 44 heteroatoms. The summed E-state index contributed by atoms with van der Waals surface area (Å²) in [6, 6.07) is -3.71. The molecular weight excluding hydrogens is 1630 g/mol. The molecule has 0 saturated carbocycles. The number of carboxylic acid groups (broad SMARTS) is 2. The molecule has 658 valence electrons. The van der Waals surface area contributed by atoms with E-state index in [1.807, 2.05) is 53.4 Å². The maximum absolute atomic E-state index is 12.4. The van der Waals surface area contributed by atoms with Crippen LogP contribution < -0.4 is 43.4 Å². The van der Waals surface area contributed by atoms with E-state index < -0.39 is 115 Å². The molecule has 0 aromatic rings. The molecule has 0 aliphatic carbocycles. The number of thiol groups is 1. The summed E-state index contributed by atoms with van der Waals surface area (Å²) in [6.45, 7) is 37.5. The van der Waals surface area contributed by atoms with Crippen molar-refractivity contribution in [2.24, 2.45) is 23.1 Å². The van der Waals surface area contributed by atoms with Gasteiger partial charge in [-0.1, -0.05) is 30.7 Å². The van der Waals surface area contributed by atoms with Gasteiger partial charge < -0.3 is 92.2 Å². The zero-order valence-corrected chi connectivity index (χ0v) is 75.4. The Kier molecular flexibility index (Phi) is 93.1. The van der Waals surface area contributed by atoms with Crippen LogP contribution in [0.1, 0.15) is 170 Å². The van der Waals surface area contributed by atoms with Gasteiger partial charge in [0, 0.05) is 113 Å². The number of ether oxygens (including phenoxy) is 6. The first-order valence-corrected chi connectivity index (χ1v) is 43.1. The van der Waals surface area contributed by atoms with E-state index in [1.165, 1.54) is 35.3 Å². The second-order valence-corrected chi connectivity index (χ2v) is 31.5. The van der Waals surface area contributed by atoms with Gasteiger partial charge >= 0.3 is 62.2 Å². The van der Waals surface area contributed by atoms with Crippen LogP contribution in [0.15, 0.2) is 12.2 Å². The first-order chi connectivity index (χ1) is 52.4. The molecule has 15 N–H and O–H groups in total. The van der Waals surface area contributed by atoms with Crippen LogP contribution in [0.5, 0.6) is 0 Å². The lowest BCUT2D eigenvalue weighted by molar-refractivity contribution is -0.148. The van der Waals surface area contributed by atoms with Crippen molar-refractivity contribution in [2.45, 2.75) is 223 Å². The molecule has 112 heavy (non-hydrogen) atoms. The molecule has 0 spiro atoms. The molecule has 1 heterocycles. The van der Waals surface area contributed by atoms with Gasteiger partial charge in [0.15, 0.2) is 29.7 Å². The van der Waals surface area contributed by atoms with Crippen molar-refractivity contribution < 1.29 is 134 Å². The van der Waals surface area contributed by atoms with Gasteiger partial charge in [-0.25, -0.2) is 37.7 Å². The standard InChI is InChI=1S/C17H27NO4S.C16H29N2O7PS.C13H22NO7PS.C5H12N2O2S.3C4H10O.C3H9NO.C2H4NO4PS/c1-12-7-8-13(19)6-5-9-23-11-14(15(20)10-12)18-16(21)22-17(2,3)4;1-11(8-19)17-14(21)13(18-15(22)25-16(2,3)4)10-27-7-5-6-12(20)9-24-26-23;1-13(2,3)21-12(18)14-10(11(16)17)8-23-6-4-5-9(15)7-20-22-19;6-1-2-10-3-4(7)5(8)9;3*1-3-5-4-2;1-3(4)2-5;4-2(7-3-9)1-6-8-5/h7-8,12,14H,5-6,9-11H2,1-4H3,(H,18,21);11,13,19H,5-10H2,1-4H3,(H,17,21)(H,18,22);10H,4-8H2,1-3H3,(H,14,18)(H,16,17);4H,1-3,6-7H2,(H,8,9);3*3-4H2,1-2H3;3,5H,2,4H2,1H3;3,9H,1H2/b8-7+;;;;;;;;/t12-,14-;11-,13-;10-;4-;;;;3-;/m0000...0./s1. The van der Waals surface area contributed by atoms with Crippen LogP contribution in [0.3, 0.4) is 0 Å². The number of aliphatic carboxylic acids is 2. The fourth-order valence-corrected chi connectivity index (χ4v) is 10.7. The predicted octanol–water partition coefficient (Wildman–Crippen LogP) is 8.73. The lowest BCUT2D eigenvalue weighted by atomic mass is 9.99. The fraction of sp³-hybridized carbons (Fsp3) is 0.809. The van der Waals surface area contributed by atoms with Gasteiger partial charge in [-0.3, -0.25) is 42.3 Å². The Labute approximate surface area is 690 Å². The minimum atomic E-state index is -1.15. The number of allylic oxidation sites excluding steroid dienone is 2. The molecule has 1 aliphatic rings. The number of carbonyl (C=O) groups excluding carboxylic acids is 9. The summed E-state index contributed by atoms with van der Waals surface area (Å²) in [6.07, 6.45) is 4.53. The summed E-state index contributed by atoms with van der Waals surface area (Å²) in [7, 11) is -1.60. The predicted molar refractivity (Wildman–Crippen MR) is 443 cm³/mol. The molecule has 0 radical (unpaired) electrons. The molecular formula is C68H133N8O28P3S5. The highest BCUT2D eigenvalue weighted by Crippen LogP contribution is 2.17. The van der Waals surface area contributed by atoms with Gasteiger partial charge in [0.2, 0.25) is 5.91 Å². The number of ketones is 4. The van der Waals surface area contributed by atoms with Gasteiger partial charge in [0.1, 0.15) is 48.1 Å². The largest absolute Gasteiger partial charge is 0.480 e. The van der Waals surface area contributed by atoms with Crippen molar-refractivity contribution in [1.29, 1.82) is 0 Å². The summed E-state index contributed by atoms with van der Waals surface area (Å²) in [5, 5.41) is 44.6. The number of thioether (sulfide) groups is 4. The van der Waals surface area contributed by atoms with E-state index in [4.69, 9.17) is 66.0 Å². The number of carboxylic acids is 2. The van der Waals surface area contributed by atoms with E-state index in [0.717, 1.165) is 57.6 Å². The molecule has 4 amide bonds. The highest BCUT2D eigenvalue weighted by atomic mass is 32.2. The van der Waals surface area contributed by atoms with Crippen LogP contribution in [0.25, 0.3) is 0 Å². The number of carbonyl (C=O) groups is 11. The first-order valence-electron chi connectivity index (χ1n) is 35.8. The third kappa shape index (κ3) is 104. The number of Topliss-reactive ketones (excluding diaryl/α,β-unsaturated/α-hetero) is 3. The van der Waals surface area contributed by atoms with Crippen LogP contribution in [0.4, 0.5) is 14.4 Å². The number of nitrogens with two attached hydrogens (primary N) is 3. The number of hydrogen-bond acceptors (Lipinski definition) is 35. The third-order valence-electron chi connectivity index (χ3n) is 11.3. The van der Waals surface area contributed by atoms with Crippen LogP contribution >= 0.6 is 85.9 Å². The molecule has 0 aromatic carbocycles. The van der Waals surface area contributed by atoms with Crippen molar-refractivity contribution in [3.8, 4) is 0 Å². The summed E-state index contributed by atoms with van der Waals surface area (Å²) >= 11 is 9.10. The Morgan fingerprint density at radius 1 is 0.616 bits per heavy atom. The number of aliphatic hydroxyl groups excluding tert-OH is 2. The Balaban J connectivity index is -0.000000195. The molecule has 0 unspecified atom stereocenters. The molecule has 0 aromatic heterocycles. The molecule has 7 atom stereocenters. The normalized spacial score (nSPS) is 14.9. The Morgan fingerprint density at radius 2 is 1.03 bits per heavy atom. The quantitative estimate of drug-likeness (QED) is 0.00894. The molecule has 0 saturated heterocycles. The zero-order chi connectivity index (χ0) is 88.0. The van der Waals surface area contributed by atoms with Crippen molar-refractivity contribution in [2.75, 3.05) is 125 Å². The van der Waals surface area contributed by atoms with Gasteiger partial charge in [0.05, 0.1) is 19.3 Å². The fourth-order valence-electron chi connectivity index (χ4n) is 6.37. The number of amides is 4. The van der Waals surface area contributed by atoms with E-state index in [2.05, 4.69) is 52.5 Å². The van der Waals surface area contributed by atoms with E-state index in [-0.39, 0.29) is 92.5 Å². The lowest BCUT2D eigenvalue weighted by Gasteiger charge is -2.24. The van der Waals surface area contributed by atoms with E-state index >= 15 is 0 Å². The van der Waals surface area contributed by atoms with Gasteiger partial charge in [-0.2, -0.15) is 47.0 Å². The van der Waals surface area contributed by atoms with Crippen LogP contribution in [-0.2, 0) is 98.9 Å². The van der Waals surface area contributed by atoms with Crippen molar-refractivity contribution in [1.82, 2.24) is 26.2 Å². The maximum atomic E-state index is 12.4. The number of hydrogen-bond donors (Lipinski definition) is 13. The maximum Gasteiger partial charge on any atom is 0.408 e. The molecule has 1 rings (SSSR count). The van der Waals surface area contributed by atoms with E-state index in [1.54, 1.807) is 100 Å². The smallest absolute Gasteiger partial charge is 0.408 e. The minimum absolute atomic E-state index is 0.0289. The van der Waals surface area contributed by atoms with Gasteiger partial charge in [0.25, 0.3) is 0 Å². The highest BCUT2D eigenvalue weighted by Gasteiger charge is 2.28. The monoisotopic (exact) mass is 1760 g/mol. The zero-order valence-electron chi connectivity index (χ0n) is 68.5. The van der Waals surface area contributed by atoms with Crippen molar-refractivity contribution in [3.05, 3.63) is 12.2 Å². The van der Waals surface area contributed by atoms with Gasteiger partial charge in [-0.15, -0.1) is 0 Å². The molecule has 0 bridgehead atoms. The molecule has 36 nitrogen and oxygen atoms in total. The Bertz CT molecular complexity index is 2500. The number of alkyl carbamates (subject to hydrolysis) is 3. The van der Waals surface area contributed by atoms with E-state index in [9.17, 15) is 66.4 Å². The van der Waals surface area contributed by atoms with Crippen LogP contribution in [0.2, 0.25) is 0 Å². The number of nitrogens with one attached hydrogen (secondary N) is 5. The Morgan fingerprint density at radius 3 is 1.39 bits per heavy atom. The second-order valence-electron chi connectivity index (χ2n) is 25.5. The lowest BCUT2D eigenvalue weighted by Crippen LogP contribution is -2.52. The first kappa shape index (κ1) is 123. The van der Waals surface area contributed by atoms with E-state index in [0.29, 0.717) is 55.2 Å². The topological polar surface area (TPSA) is 550 Å². The SMILES string of the molecule is CC(C)(C)OC(=O)N[C@@H](CSCCCC(=O)COP=O)C(=O)O.CCOCC.CCOCC.CCOCC.C[C@@H](CO)NC(=O)[C@H](CSCCCC(=O)COP=O)NC(=O)OC(C)(C)C.C[C@H](N)CO.C[C@H]1/C=C/C(=O)CCCSC[C@H](NC(=O)OC(C)(C)C)C(=O)C1.NCCSC[C@H](N)C(=O)O.O=POCC(=O)ONS. The van der Waals surface area contributed by atoms with Crippen molar-refractivity contribution >= 4 is 151 Å². The summed E-state index contributed by atoms with van der Waals surface area (Å²) in [5.41, 5.74) is 13.4. The number of rotatable bonds is 41. The Hall–Kier alpha value is -4.32. The average molecular weight is 1760 g/mol. The third-order valence-corrected chi connectivity index (χ3v) is 16.6. The molecule has 1 aliphatic heterocycles. The summed E-state index contributed by atoms with van der Waals surface area (Å²) in [5.74, 6) is 0.593. The second kappa shape index (κ2) is 84.6. The van der Waals surface area contributed by atoms with Crippen LogP contribution in [0, 0.1) is 5.92 Å². The average Bonchev–Trinajstić information content (AvgIpc) is 0.903. The molecule has 0 fully saturated rings. The van der Waals surface area contributed by atoms with Crippen molar-refractivity contribution in [3.63, 3.8) is 0 Å².